The maximum absolute atomic E-state index is 6.18. The Labute approximate surface area is 122 Å². The van der Waals surface area contributed by atoms with E-state index in [0.29, 0.717) is 16.5 Å². The summed E-state index contributed by atoms with van der Waals surface area (Å²) in [4.78, 5) is 3.97. The second kappa shape index (κ2) is 6.56. The molecule has 2 aromatic rings. The summed E-state index contributed by atoms with van der Waals surface area (Å²) >= 11 is 6.18. The molecular weight excluding hydrogens is 278 g/mol. The van der Waals surface area contributed by atoms with Crippen LogP contribution in [0.1, 0.15) is 17.2 Å². The van der Waals surface area contributed by atoms with Crippen LogP contribution in [0.4, 0.5) is 0 Å². The number of nitrogens with one attached hydrogen (secondary N) is 1. The molecule has 0 bridgehead atoms. The molecule has 1 aromatic heterocycles. The van der Waals surface area contributed by atoms with Crippen LogP contribution in [0.15, 0.2) is 36.7 Å². The van der Waals surface area contributed by atoms with Crippen molar-refractivity contribution in [2.24, 2.45) is 5.84 Å². The van der Waals surface area contributed by atoms with Crippen LogP contribution in [0.25, 0.3) is 0 Å². The lowest BCUT2D eigenvalue weighted by atomic mass is 9.99. The molecule has 0 aliphatic heterocycles. The van der Waals surface area contributed by atoms with E-state index in [1.807, 2.05) is 18.2 Å². The zero-order valence-corrected chi connectivity index (χ0v) is 12.0. The van der Waals surface area contributed by atoms with E-state index in [1.54, 1.807) is 32.7 Å². The molecule has 5 nitrogen and oxygen atoms in total. The van der Waals surface area contributed by atoms with Gasteiger partial charge in [-0.05, 0) is 23.8 Å². The number of rotatable bonds is 5. The molecule has 6 heteroatoms. The highest BCUT2D eigenvalue weighted by Crippen LogP contribution is 2.34. The number of hydrazine groups is 1. The van der Waals surface area contributed by atoms with E-state index in [9.17, 15) is 0 Å². The fourth-order valence-electron chi connectivity index (χ4n) is 2.02. The zero-order valence-electron chi connectivity index (χ0n) is 11.3. The molecule has 0 aliphatic carbocycles. The lowest BCUT2D eigenvalue weighted by Gasteiger charge is -2.20. The Balaban J connectivity index is 2.49. The lowest BCUT2D eigenvalue weighted by Crippen LogP contribution is -2.29. The van der Waals surface area contributed by atoms with Crippen molar-refractivity contribution in [1.82, 2.24) is 10.4 Å². The summed E-state index contributed by atoms with van der Waals surface area (Å²) in [7, 11) is 3.20. The van der Waals surface area contributed by atoms with Crippen LogP contribution in [0.3, 0.4) is 0 Å². The van der Waals surface area contributed by atoms with Crippen LogP contribution in [0.5, 0.6) is 11.5 Å². The van der Waals surface area contributed by atoms with Gasteiger partial charge in [0.1, 0.15) is 11.5 Å². The first-order chi connectivity index (χ1) is 9.71. The minimum atomic E-state index is -0.300. The molecule has 106 valence electrons. The highest BCUT2D eigenvalue weighted by molar-refractivity contribution is 6.31. The third-order valence-corrected chi connectivity index (χ3v) is 3.35. The van der Waals surface area contributed by atoms with Crippen molar-refractivity contribution in [2.75, 3.05) is 14.2 Å². The summed E-state index contributed by atoms with van der Waals surface area (Å²) in [6.45, 7) is 0. The number of pyridine rings is 1. The Bertz CT molecular complexity index is 592. The molecule has 1 atom stereocenters. The van der Waals surface area contributed by atoms with E-state index in [-0.39, 0.29) is 6.04 Å². The van der Waals surface area contributed by atoms with Gasteiger partial charge in [-0.3, -0.25) is 10.8 Å². The zero-order chi connectivity index (χ0) is 14.5. The number of benzene rings is 1. The molecule has 1 unspecified atom stereocenters. The Kier molecular flexibility index (Phi) is 4.79. The summed E-state index contributed by atoms with van der Waals surface area (Å²) in [6, 6.07) is 7.05. The number of ether oxygens (including phenoxy) is 2. The van der Waals surface area contributed by atoms with Crippen LogP contribution >= 0.6 is 11.6 Å². The Hall–Kier alpha value is -1.82. The predicted molar refractivity (Wildman–Crippen MR) is 78.0 cm³/mol. The van der Waals surface area contributed by atoms with Crippen LogP contribution in [0.2, 0.25) is 5.02 Å². The Morgan fingerprint density at radius 2 is 2.00 bits per heavy atom. The normalized spacial score (nSPS) is 12.0. The molecular formula is C14H16ClN3O2. The molecule has 20 heavy (non-hydrogen) atoms. The van der Waals surface area contributed by atoms with Gasteiger partial charge in [-0.2, -0.15) is 0 Å². The monoisotopic (exact) mass is 293 g/mol. The lowest BCUT2D eigenvalue weighted by molar-refractivity contribution is 0.387. The number of hydrogen-bond acceptors (Lipinski definition) is 5. The first-order valence-corrected chi connectivity index (χ1v) is 6.36. The quantitative estimate of drug-likeness (QED) is 0.654. The first-order valence-electron chi connectivity index (χ1n) is 5.98. The smallest absolute Gasteiger partial charge is 0.127 e. The Morgan fingerprint density at radius 1 is 1.20 bits per heavy atom. The van der Waals surface area contributed by atoms with E-state index in [2.05, 4.69) is 10.4 Å². The fourth-order valence-corrected chi connectivity index (χ4v) is 2.25. The van der Waals surface area contributed by atoms with Crippen molar-refractivity contribution in [3.8, 4) is 11.5 Å². The molecule has 0 saturated carbocycles. The average Bonchev–Trinajstić information content (AvgIpc) is 2.50. The number of nitrogens with zero attached hydrogens (tertiary/aromatic N) is 1. The van der Waals surface area contributed by atoms with Gasteiger partial charge in [-0.1, -0.05) is 11.6 Å². The summed E-state index contributed by atoms with van der Waals surface area (Å²) < 4.78 is 10.6. The summed E-state index contributed by atoms with van der Waals surface area (Å²) in [5.41, 5.74) is 4.45. The molecule has 0 radical (unpaired) electrons. The highest BCUT2D eigenvalue weighted by Gasteiger charge is 2.20. The molecule has 0 fully saturated rings. The van der Waals surface area contributed by atoms with Gasteiger partial charge >= 0.3 is 0 Å². The Morgan fingerprint density at radius 3 is 2.60 bits per heavy atom. The maximum Gasteiger partial charge on any atom is 0.127 e. The molecule has 1 heterocycles. The van der Waals surface area contributed by atoms with Gasteiger partial charge in [0.05, 0.1) is 25.3 Å². The van der Waals surface area contributed by atoms with Gasteiger partial charge in [0.2, 0.25) is 0 Å². The third kappa shape index (κ3) is 2.85. The van der Waals surface area contributed by atoms with Gasteiger partial charge in [0.15, 0.2) is 0 Å². The van der Waals surface area contributed by atoms with Crippen LogP contribution < -0.4 is 20.7 Å². The molecule has 0 saturated heterocycles. The number of methoxy groups -OCH3 is 2. The second-order valence-corrected chi connectivity index (χ2v) is 4.51. The van der Waals surface area contributed by atoms with E-state index in [1.165, 1.54) is 0 Å². The maximum atomic E-state index is 6.18. The first kappa shape index (κ1) is 14.6. The molecule has 0 aliphatic rings. The number of aromatic nitrogens is 1. The topological polar surface area (TPSA) is 69.4 Å². The van der Waals surface area contributed by atoms with Crippen molar-refractivity contribution in [3.63, 3.8) is 0 Å². The van der Waals surface area contributed by atoms with Gasteiger partial charge < -0.3 is 9.47 Å². The highest BCUT2D eigenvalue weighted by atomic mass is 35.5. The fraction of sp³-hybridized carbons (Fsp3) is 0.214. The summed E-state index contributed by atoms with van der Waals surface area (Å²) in [5, 5.41) is 0.535. The number of nitrogens with two attached hydrogens (primary N) is 1. The van der Waals surface area contributed by atoms with Crippen molar-refractivity contribution in [3.05, 3.63) is 52.8 Å². The van der Waals surface area contributed by atoms with Crippen molar-refractivity contribution in [1.29, 1.82) is 0 Å². The van der Waals surface area contributed by atoms with Gasteiger partial charge in [-0.15, -0.1) is 0 Å². The number of hydrogen-bond donors (Lipinski definition) is 2. The standard InChI is InChI=1S/C14H16ClN3O2/c1-19-9-3-4-11(13(7-9)20-2)14(18-16)10-5-6-17-8-12(10)15/h3-8,14,18H,16H2,1-2H3. The second-order valence-electron chi connectivity index (χ2n) is 4.10. The largest absolute Gasteiger partial charge is 0.497 e. The summed E-state index contributed by atoms with van der Waals surface area (Å²) in [6.07, 6.45) is 3.25. The number of halogens is 1. The predicted octanol–water partition coefficient (Wildman–Crippen LogP) is 2.30. The van der Waals surface area contributed by atoms with Crippen LogP contribution in [-0.4, -0.2) is 19.2 Å². The van der Waals surface area contributed by atoms with E-state index >= 15 is 0 Å². The molecule has 3 N–H and O–H groups in total. The van der Waals surface area contributed by atoms with E-state index < -0.39 is 0 Å². The molecule has 2 rings (SSSR count). The van der Waals surface area contributed by atoms with Gasteiger partial charge in [0.25, 0.3) is 0 Å². The van der Waals surface area contributed by atoms with Crippen LogP contribution in [0, 0.1) is 0 Å². The van der Waals surface area contributed by atoms with Crippen molar-refractivity contribution >= 4 is 11.6 Å². The third-order valence-electron chi connectivity index (χ3n) is 3.03. The van der Waals surface area contributed by atoms with Gasteiger partial charge in [-0.25, -0.2) is 5.43 Å². The molecule has 0 spiro atoms. The average molecular weight is 294 g/mol. The van der Waals surface area contributed by atoms with E-state index in [4.69, 9.17) is 26.9 Å². The van der Waals surface area contributed by atoms with Crippen molar-refractivity contribution in [2.45, 2.75) is 6.04 Å². The van der Waals surface area contributed by atoms with Crippen LogP contribution in [-0.2, 0) is 0 Å². The molecule has 0 amide bonds. The SMILES string of the molecule is COc1ccc(C(NN)c2ccncc2Cl)c(OC)c1. The minimum Gasteiger partial charge on any atom is -0.497 e. The van der Waals surface area contributed by atoms with Crippen molar-refractivity contribution < 1.29 is 9.47 Å². The van der Waals surface area contributed by atoms with Gasteiger partial charge in [0, 0.05) is 24.0 Å². The van der Waals surface area contributed by atoms with E-state index in [0.717, 1.165) is 11.1 Å². The summed E-state index contributed by atoms with van der Waals surface area (Å²) in [5.74, 6) is 7.06. The molecule has 1 aromatic carbocycles. The minimum absolute atomic E-state index is 0.300.